The van der Waals surface area contributed by atoms with E-state index in [9.17, 15) is 4.39 Å². The first-order valence-corrected chi connectivity index (χ1v) is 7.31. The van der Waals surface area contributed by atoms with Crippen LogP contribution in [-0.2, 0) is 15.9 Å². The molecule has 0 atom stereocenters. The maximum Gasteiger partial charge on any atom is 0.123 e. The van der Waals surface area contributed by atoms with Crippen molar-refractivity contribution in [3.63, 3.8) is 0 Å². The number of hydrogen-bond donors (Lipinski definition) is 0. The van der Waals surface area contributed by atoms with Gasteiger partial charge in [-0.1, -0.05) is 6.07 Å². The number of halogens is 2. The van der Waals surface area contributed by atoms with Gasteiger partial charge in [-0.2, -0.15) is 0 Å². The van der Waals surface area contributed by atoms with Crippen molar-refractivity contribution in [2.75, 3.05) is 13.1 Å². The van der Waals surface area contributed by atoms with E-state index in [0.717, 1.165) is 31.5 Å². The Kier molecular flexibility index (Phi) is 2.95. The molecule has 2 heterocycles. The Morgan fingerprint density at radius 1 is 1.22 bits per heavy atom. The van der Waals surface area contributed by atoms with Crippen LogP contribution in [0.3, 0.4) is 0 Å². The molecule has 2 aliphatic rings. The smallest absolute Gasteiger partial charge is 0.123 e. The van der Waals surface area contributed by atoms with Gasteiger partial charge in [-0.25, -0.2) is 7.50 Å². The molecule has 0 N–H and O–H groups in total. The molecule has 1 aromatic rings. The third-order valence-corrected chi connectivity index (χ3v) is 5.05. The molecule has 1 spiro atoms. The Hall–Kier alpha value is -0.200. The van der Waals surface area contributed by atoms with Gasteiger partial charge in [-0.05, 0) is 49.9 Å². The molecule has 1 aromatic carbocycles. The van der Waals surface area contributed by atoms with Crippen LogP contribution in [0.1, 0.15) is 37.8 Å². The van der Waals surface area contributed by atoms with Crippen LogP contribution in [0.2, 0.25) is 0 Å². The van der Waals surface area contributed by atoms with Crippen LogP contribution in [0.5, 0.6) is 0 Å². The molecule has 98 valence electrons. The van der Waals surface area contributed by atoms with Crippen molar-refractivity contribution >= 4 is 22.9 Å². The van der Waals surface area contributed by atoms with Gasteiger partial charge in [0.2, 0.25) is 0 Å². The number of piperidine rings is 1. The van der Waals surface area contributed by atoms with E-state index in [1.54, 1.807) is 12.1 Å². The molecule has 0 unspecified atom stereocenters. The van der Waals surface area contributed by atoms with Gasteiger partial charge in [0.25, 0.3) is 0 Å². The Bertz CT molecular complexity index is 481. The maximum absolute atomic E-state index is 13.5. The Morgan fingerprint density at radius 3 is 2.56 bits per heavy atom. The van der Waals surface area contributed by atoms with Crippen LogP contribution in [0.15, 0.2) is 18.2 Å². The summed E-state index contributed by atoms with van der Waals surface area (Å²) in [7, 11) is 0. The molecular formula is C14H17FINO. The van der Waals surface area contributed by atoms with E-state index in [1.807, 2.05) is 19.9 Å². The van der Waals surface area contributed by atoms with Crippen molar-refractivity contribution < 1.29 is 9.13 Å². The zero-order valence-corrected chi connectivity index (χ0v) is 12.8. The zero-order valence-electron chi connectivity index (χ0n) is 10.7. The van der Waals surface area contributed by atoms with Crippen LogP contribution in [0, 0.1) is 5.82 Å². The number of benzene rings is 1. The largest absolute Gasteiger partial charge is 0.360 e. The highest BCUT2D eigenvalue weighted by Gasteiger charge is 2.49. The molecule has 0 amide bonds. The standard InChI is InChI=1S/C14H17FINO/c1-13(2)12-9-10(15)3-4-11(12)14(18-13)5-7-17(16)8-6-14/h3-4,9H,5-8H2,1-2H3. The highest BCUT2D eigenvalue weighted by Crippen LogP contribution is 2.52. The lowest BCUT2D eigenvalue weighted by Crippen LogP contribution is -2.39. The predicted molar refractivity (Wildman–Crippen MR) is 77.0 cm³/mol. The third-order valence-electron chi connectivity index (χ3n) is 4.09. The maximum atomic E-state index is 13.5. The quantitative estimate of drug-likeness (QED) is 0.516. The van der Waals surface area contributed by atoms with Gasteiger partial charge in [0.15, 0.2) is 0 Å². The fourth-order valence-corrected chi connectivity index (χ4v) is 3.70. The van der Waals surface area contributed by atoms with E-state index in [4.69, 9.17) is 4.74 Å². The number of ether oxygens (including phenoxy) is 1. The summed E-state index contributed by atoms with van der Waals surface area (Å²) in [5, 5.41) is 0. The first kappa shape index (κ1) is 12.8. The molecule has 4 heteroatoms. The van der Waals surface area contributed by atoms with E-state index < -0.39 is 0 Å². The lowest BCUT2D eigenvalue weighted by molar-refractivity contribution is -0.143. The normalized spacial score (nSPS) is 25.3. The number of nitrogens with zero attached hydrogens (tertiary/aromatic N) is 1. The first-order valence-electron chi connectivity index (χ1n) is 6.34. The Balaban J connectivity index is 2.07. The lowest BCUT2D eigenvalue weighted by atomic mass is 9.83. The summed E-state index contributed by atoms with van der Waals surface area (Å²) in [5.41, 5.74) is 1.63. The summed E-state index contributed by atoms with van der Waals surface area (Å²) in [6, 6.07) is 5.12. The minimum absolute atomic E-state index is 0.172. The van der Waals surface area contributed by atoms with Crippen molar-refractivity contribution in [2.24, 2.45) is 0 Å². The summed E-state index contributed by atoms with van der Waals surface area (Å²) in [5.74, 6) is -0.172. The molecule has 18 heavy (non-hydrogen) atoms. The highest BCUT2D eigenvalue weighted by molar-refractivity contribution is 14.1. The molecule has 0 radical (unpaired) electrons. The number of fused-ring (bicyclic) bond motifs is 2. The highest BCUT2D eigenvalue weighted by atomic mass is 127. The van der Waals surface area contributed by atoms with Crippen LogP contribution in [-0.4, -0.2) is 16.2 Å². The summed E-state index contributed by atoms with van der Waals surface area (Å²) < 4.78 is 22.1. The Morgan fingerprint density at radius 2 is 1.89 bits per heavy atom. The summed E-state index contributed by atoms with van der Waals surface area (Å²) in [4.78, 5) is 0. The van der Waals surface area contributed by atoms with E-state index in [2.05, 4.69) is 26.0 Å². The van der Waals surface area contributed by atoms with E-state index in [-0.39, 0.29) is 17.0 Å². The number of rotatable bonds is 0. The van der Waals surface area contributed by atoms with Crippen molar-refractivity contribution in [2.45, 2.75) is 37.9 Å². The molecule has 0 aliphatic carbocycles. The summed E-state index contributed by atoms with van der Waals surface area (Å²) >= 11 is 2.36. The molecule has 2 nitrogen and oxygen atoms in total. The summed E-state index contributed by atoms with van der Waals surface area (Å²) in [6.45, 7) is 6.12. The first-order chi connectivity index (χ1) is 8.43. The van der Waals surface area contributed by atoms with E-state index in [0.29, 0.717) is 0 Å². The monoisotopic (exact) mass is 361 g/mol. The average molecular weight is 361 g/mol. The molecule has 2 aliphatic heterocycles. The van der Waals surface area contributed by atoms with E-state index >= 15 is 0 Å². The van der Waals surface area contributed by atoms with Crippen molar-refractivity contribution in [1.82, 2.24) is 3.11 Å². The molecule has 0 aromatic heterocycles. The van der Waals surface area contributed by atoms with Gasteiger partial charge < -0.3 is 4.74 Å². The van der Waals surface area contributed by atoms with Gasteiger partial charge >= 0.3 is 0 Å². The van der Waals surface area contributed by atoms with Gasteiger partial charge in [0, 0.05) is 36.0 Å². The molecule has 0 bridgehead atoms. The van der Waals surface area contributed by atoms with Gasteiger partial charge in [0.05, 0.1) is 11.2 Å². The van der Waals surface area contributed by atoms with Crippen molar-refractivity contribution in [3.8, 4) is 0 Å². The Labute approximate surface area is 121 Å². The molecule has 0 saturated carbocycles. The van der Waals surface area contributed by atoms with Crippen LogP contribution >= 0.6 is 22.9 Å². The molecule has 1 saturated heterocycles. The predicted octanol–water partition coefficient (Wildman–Crippen LogP) is 3.73. The topological polar surface area (TPSA) is 12.5 Å². The second kappa shape index (κ2) is 4.15. The van der Waals surface area contributed by atoms with Crippen LogP contribution < -0.4 is 0 Å². The zero-order chi connectivity index (χ0) is 13.0. The average Bonchev–Trinajstić information content (AvgIpc) is 2.52. The summed E-state index contributed by atoms with van der Waals surface area (Å²) in [6.07, 6.45) is 1.97. The SMILES string of the molecule is CC1(C)OC2(CCN(I)CC2)c2ccc(F)cc21. The second-order valence-electron chi connectivity index (χ2n) is 5.71. The molecular weight excluding hydrogens is 344 g/mol. The molecule has 3 rings (SSSR count). The van der Waals surface area contributed by atoms with Crippen LogP contribution in [0.4, 0.5) is 4.39 Å². The minimum Gasteiger partial charge on any atom is -0.360 e. The molecule has 1 fully saturated rings. The van der Waals surface area contributed by atoms with Gasteiger partial charge in [-0.15, -0.1) is 0 Å². The van der Waals surface area contributed by atoms with Crippen LogP contribution in [0.25, 0.3) is 0 Å². The second-order valence-corrected chi connectivity index (χ2v) is 7.07. The fourth-order valence-electron chi connectivity index (χ4n) is 3.22. The van der Waals surface area contributed by atoms with Crippen molar-refractivity contribution in [1.29, 1.82) is 0 Å². The van der Waals surface area contributed by atoms with Gasteiger partial charge in [-0.3, -0.25) is 0 Å². The third kappa shape index (κ3) is 1.89. The minimum atomic E-state index is -0.384. The van der Waals surface area contributed by atoms with Gasteiger partial charge in [0.1, 0.15) is 5.82 Å². The number of hydrogen-bond acceptors (Lipinski definition) is 2. The van der Waals surface area contributed by atoms with Crippen molar-refractivity contribution in [3.05, 3.63) is 35.1 Å². The fraction of sp³-hybridized carbons (Fsp3) is 0.571. The van der Waals surface area contributed by atoms with E-state index in [1.165, 1.54) is 5.56 Å². The lowest BCUT2D eigenvalue weighted by Gasteiger charge is -2.38.